The van der Waals surface area contributed by atoms with Gasteiger partial charge in [-0.05, 0) is 19.3 Å². The van der Waals surface area contributed by atoms with Gasteiger partial charge in [0.15, 0.2) is 0 Å². The molecule has 1 heterocycles. The van der Waals surface area contributed by atoms with Gasteiger partial charge in [-0.15, -0.1) is 0 Å². The van der Waals surface area contributed by atoms with Gasteiger partial charge in [0.05, 0.1) is 0 Å². The molecule has 1 fully saturated rings. The zero-order chi connectivity index (χ0) is 11.3. The van der Waals surface area contributed by atoms with Crippen molar-refractivity contribution in [2.45, 2.75) is 59.0 Å². The highest BCUT2D eigenvalue weighted by Crippen LogP contribution is 2.15. The van der Waals surface area contributed by atoms with Crippen LogP contribution in [-0.4, -0.2) is 36.6 Å². The van der Waals surface area contributed by atoms with Crippen molar-refractivity contribution in [1.29, 1.82) is 0 Å². The first-order valence-corrected chi connectivity index (χ1v) is 6.64. The standard InChI is InChI=1S/C13H28N2/c1-5-7-13-8-14-12(4)10-15(13)9-11(3)6-2/h11-14H,5-10H2,1-4H3. The van der Waals surface area contributed by atoms with Crippen LogP contribution < -0.4 is 5.32 Å². The van der Waals surface area contributed by atoms with E-state index in [9.17, 15) is 0 Å². The van der Waals surface area contributed by atoms with Gasteiger partial charge in [-0.1, -0.05) is 33.6 Å². The molecule has 0 aromatic heterocycles. The van der Waals surface area contributed by atoms with E-state index < -0.39 is 0 Å². The predicted octanol–water partition coefficient (Wildman–Crippen LogP) is 2.49. The molecule has 1 N–H and O–H groups in total. The summed E-state index contributed by atoms with van der Waals surface area (Å²) in [7, 11) is 0. The molecule has 2 nitrogen and oxygen atoms in total. The van der Waals surface area contributed by atoms with Crippen LogP contribution in [0.5, 0.6) is 0 Å². The van der Waals surface area contributed by atoms with Crippen molar-refractivity contribution in [3.05, 3.63) is 0 Å². The van der Waals surface area contributed by atoms with Crippen LogP contribution >= 0.6 is 0 Å². The van der Waals surface area contributed by atoms with Crippen molar-refractivity contribution in [2.24, 2.45) is 5.92 Å². The lowest BCUT2D eigenvalue weighted by Gasteiger charge is -2.40. The van der Waals surface area contributed by atoms with Crippen molar-refractivity contribution in [2.75, 3.05) is 19.6 Å². The molecule has 0 saturated carbocycles. The minimum absolute atomic E-state index is 0.669. The Kier molecular flexibility index (Phi) is 5.62. The fourth-order valence-corrected chi connectivity index (χ4v) is 2.40. The van der Waals surface area contributed by atoms with Crippen LogP contribution in [0.3, 0.4) is 0 Å². The van der Waals surface area contributed by atoms with Crippen molar-refractivity contribution in [3.63, 3.8) is 0 Å². The van der Waals surface area contributed by atoms with Crippen molar-refractivity contribution >= 4 is 0 Å². The zero-order valence-electron chi connectivity index (χ0n) is 10.9. The van der Waals surface area contributed by atoms with Crippen LogP contribution in [0.4, 0.5) is 0 Å². The quantitative estimate of drug-likeness (QED) is 0.753. The SMILES string of the molecule is CCCC1CNC(C)CN1CC(C)CC. The van der Waals surface area contributed by atoms with Crippen molar-refractivity contribution in [3.8, 4) is 0 Å². The molecule has 0 aromatic carbocycles. The number of rotatable bonds is 5. The number of hydrogen-bond donors (Lipinski definition) is 1. The van der Waals surface area contributed by atoms with E-state index in [1.807, 2.05) is 0 Å². The lowest BCUT2D eigenvalue weighted by molar-refractivity contribution is 0.110. The third-order valence-corrected chi connectivity index (χ3v) is 3.59. The molecule has 3 unspecified atom stereocenters. The first kappa shape index (κ1) is 13.0. The van der Waals surface area contributed by atoms with Gasteiger partial charge in [-0.3, -0.25) is 4.90 Å². The molecule has 1 saturated heterocycles. The average molecular weight is 212 g/mol. The fourth-order valence-electron chi connectivity index (χ4n) is 2.40. The number of nitrogens with zero attached hydrogens (tertiary/aromatic N) is 1. The number of nitrogens with one attached hydrogen (secondary N) is 1. The molecule has 0 radical (unpaired) electrons. The molecular formula is C13H28N2. The van der Waals surface area contributed by atoms with Gasteiger partial charge < -0.3 is 5.32 Å². The van der Waals surface area contributed by atoms with Crippen LogP contribution in [0, 0.1) is 5.92 Å². The monoisotopic (exact) mass is 212 g/mol. The van der Waals surface area contributed by atoms with E-state index in [4.69, 9.17) is 0 Å². The molecule has 3 atom stereocenters. The summed E-state index contributed by atoms with van der Waals surface area (Å²) in [5, 5.41) is 3.60. The van der Waals surface area contributed by atoms with Gasteiger partial charge in [0.2, 0.25) is 0 Å². The summed E-state index contributed by atoms with van der Waals surface area (Å²) in [5.74, 6) is 0.842. The van der Waals surface area contributed by atoms with Gasteiger partial charge in [-0.2, -0.15) is 0 Å². The van der Waals surface area contributed by atoms with E-state index in [0.717, 1.165) is 12.0 Å². The summed E-state index contributed by atoms with van der Waals surface area (Å²) in [4.78, 5) is 2.71. The molecular weight excluding hydrogens is 184 g/mol. The highest BCUT2D eigenvalue weighted by Gasteiger charge is 2.25. The molecule has 0 amide bonds. The maximum absolute atomic E-state index is 3.60. The van der Waals surface area contributed by atoms with Gasteiger partial charge in [0.1, 0.15) is 0 Å². The van der Waals surface area contributed by atoms with Crippen LogP contribution in [0.1, 0.15) is 47.0 Å². The summed E-state index contributed by atoms with van der Waals surface area (Å²) in [6.45, 7) is 13.0. The average Bonchev–Trinajstić information content (AvgIpc) is 2.22. The lowest BCUT2D eigenvalue weighted by atomic mass is 10.0. The van der Waals surface area contributed by atoms with E-state index in [0.29, 0.717) is 6.04 Å². The maximum Gasteiger partial charge on any atom is 0.0221 e. The van der Waals surface area contributed by atoms with E-state index in [1.165, 1.54) is 38.9 Å². The van der Waals surface area contributed by atoms with E-state index in [-0.39, 0.29) is 0 Å². The summed E-state index contributed by atoms with van der Waals surface area (Å²) in [5.41, 5.74) is 0. The normalized spacial score (nSPS) is 30.4. The Balaban J connectivity index is 2.45. The lowest BCUT2D eigenvalue weighted by Crippen LogP contribution is -2.56. The van der Waals surface area contributed by atoms with Crippen molar-refractivity contribution in [1.82, 2.24) is 10.2 Å². The molecule has 15 heavy (non-hydrogen) atoms. The minimum Gasteiger partial charge on any atom is -0.311 e. The zero-order valence-corrected chi connectivity index (χ0v) is 10.9. The van der Waals surface area contributed by atoms with Gasteiger partial charge >= 0.3 is 0 Å². The highest BCUT2D eigenvalue weighted by atomic mass is 15.2. The Hall–Kier alpha value is -0.0800. The topological polar surface area (TPSA) is 15.3 Å². The van der Waals surface area contributed by atoms with E-state index in [2.05, 4.69) is 37.9 Å². The fraction of sp³-hybridized carbons (Fsp3) is 1.00. The van der Waals surface area contributed by atoms with Gasteiger partial charge in [-0.25, -0.2) is 0 Å². The first-order valence-electron chi connectivity index (χ1n) is 6.64. The minimum atomic E-state index is 0.669. The summed E-state index contributed by atoms with van der Waals surface area (Å²) in [6, 6.07) is 1.45. The predicted molar refractivity (Wildman–Crippen MR) is 67.2 cm³/mol. The second-order valence-corrected chi connectivity index (χ2v) is 5.22. The number of piperazine rings is 1. The van der Waals surface area contributed by atoms with E-state index >= 15 is 0 Å². The maximum atomic E-state index is 3.60. The van der Waals surface area contributed by atoms with Gasteiger partial charge in [0, 0.05) is 31.7 Å². The molecule has 0 spiro atoms. The smallest absolute Gasteiger partial charge is 0.0221 e. The van der Waals surface area contributed by atoms with Crippen LogP contribution in [0.15, 0.2) is 0 Å². The Morgan fingerprint density at radius 3 is 2.73 bits per heavy atom. The van der Waals surface area contributed by atoms with Gasteiger partial charge in [0.25, 0.3) is 0 Å². The molecule has 0 aliphatic carbocycles. The third-order valence-electron chi connectivity index (χ3n) is 3.59. The Morgan fingerprint density at radius 1 is 1.40 bits per heavy atom. The summed E-state index contributed by atoms with van der Waals surface area (Å²) >= 11 is 0. The first-order chi connectivity index (χ1) is 7.17. The van der Waals surface area contributed by atoms with Crippen LogP contribution in [0.25, 0.3) is 0 Å². The summed E-state index contributed by atoms with van der Waals surface area (Å²) in [6.07, 6.45) is 3.95. The molecule has 0 aromatic rings. The second-order valence-electron chi connectivity index (χ2n) is 5.22. The highest BCUT2D eigenvalue weighted by molar-refractivity contribution is 4.84. The summed E-state index contributed by atoms with van der Waals surface area (Å²) < 4.78 is 0. The Bertz CT molecular complexity index is 170. The number of hydrogen-bond acceptors (Lipinski definition) is 2. The molecule has 0 bridgehead atoms. The third kappa shape index (κ3) is 4.12. The second kappa shape index (κ2) is 6.49. The van der Waals surface area contributed by atoms with E-state index in [1.54, 1.807) is 0 Å². The molecule has 90 valence electrons. The molecule has 1 rings (SSSR count). The molecule has 2 heteroatoms. The Morgan fingerprint density at radius 2 is 2.13 bits per heavy atom. The molecule has 1 aliphatic rings. The van der Waals surface area contributed by atoms with Crippen molar-refractivity contribution < 1.29 is 0 Å². The van der Waals surface area contributed by atoms with Crippen LogP contribution in [0.2, 0.25) is 0 Å². The molecule has 1 aliphatic heterocycles. The van der Waals surface area contributed by atoms with Crippen LogP contribution in [-0.2, 0) is 0 Å². The largest absolute Gasteiger partial charge is 0.311 e. The Labute approximate surface area is 95.4 Å².